The monoisotopic (exact) mass is 550 g/mol. The maximum Gasteiger partial charge on any atom is 0.224 e. The molecule has 40 heavy (non-hydrogen) atoms. The van der Waals surface area contributed by atoms with Crippen LogP contribution in [0.1, 0.15) is 89.5 Å². The van der Waals surface area contributed by atoms with E-state index in [4.69, 9.17) is 9.47 Å². The maximum atomic E-state index is 12.0. The molecule has 0 N–H and O–H groups in total. The molecule has 0 aliphatic carbocycles. The fourth-order valence-electron chi connectivity index (χ4n) is 4.56. The van der Waals surface area contributed by atoms with Gasteiger partial charge in [-0.25, -0.2) is 0 Å². The molecule has 0 spiro atoms. The van der Waals surface area contributed by atoms with E-state index in [1.54, 1.807) is 4.90 Å². The van der Waals surface area contributed by atoms with Gasteiger partial charge in [-0.1, -0.05) is 95.1 Å². The zero-order valence-electron chi connectivity index (χ0n) is 22.9. The second kappa shape index (κ2) is 18.2. The lowest BCUT2D eigenvalue weighted by Gasteiger charge is -2.28. The molecule has 2 heterocycles. The number of rotatable bonds is 10. The highest BCUT2D eigenvalue weighted by Crippen LogP contribution is 2.17. The number of ether oxygens (including phenoxy) is 2. The standard InChI is InChI=1S/C17H23NO2.C15H19NO2.2CH4/c1-3-15-8-10-16(11-9-15)13-20-14(2)18-12-6-4-5-7-17(18)19;1-3-13-6-8-14(9-7-13)11-18-12(2)16-10-4-5-15(16)17;;/h3,8-11,14H,1,4-7,12-13H2,2H3;3,6-9,12H,1,4-5,10-11H2,2H3;2*1H4. The number of benzene rings is 2. The number of nitrogens with zero attached hydrogens (tertiary/aromatic N) is 2. The van der Waals surface area contributed by atoms with Gasteiger partial charge >= 0.3 is 0 Å². The third kappa shape index (κ3) is 10.7. The molecule has 0 aromatic heterocycles. The maximum absolute atomic E-state index is 12.0. The van der Waals surface area contributed by atoms with Crippen molar-refractivity contribution in [3.8, 4) is 0 Å². The van der Waals surface area contributed by atoms with Gasteiger partial charge in [0.2, 0.25) is 11.8 Å². The minimum atomic E-state index is -0.153. The Labute approximate surface area is 242 Å². The quantitative estimate of drug-likeness (QED) is 0.304. The summed E-state index contributed by atoms with van der Waals surface area (Å²) < 4.78 is 11.6. The van der Waals surface area contributed by atoms with Crippen molar-refractivity contribution in [1.29, 1.82) is 0 Å². The summed E-state index contributed by atoms with van der Waals surface area (Å²) in [5.74, 6) is 0.418. The molecule has 2 atom stereocenters. The molecule has 0 bridgehead atoms. The van der Waals surface area contributed by atoms with Gasteiger partial charge in [-0.15, -0.1) is 0 Å². The van der Waals surface area contributed by atoms with E-state index in [0.717, 1.165) is 61.0 Å². The first-order chi connectivity index (χ1) is 18.4. The third-order valence-electron chi connectivity index (χ3n) is 7.01. The Bertz CT molecular complexity index is 1050. The van der Waals surface area contributed by atoms with Crippen molar-refractivity contribution >= 4 is 24.0 Å². The van der Waals surface area contributed by atoms with E-state index in [0.29, 0.717) is 26.1 Å². The zero-order chi connectivity index (χ0) is 27.3. The second-order valence-electron chi connectivity index (χ2n) is 9.80. The Morgan fingerprint density at radius 1 is 0.675 bits per heavy atom. The normalized spacial score (nSPS) is 16.4. The van der Waals surface area contributed by atoms with Gasteiger partial charge in [-0.05, 0) is 55.4 Å². The molecule has 4 rings (SSSR count). The van der Waals surface area contributed by atoms with E-state index in [-0.39, 0.29) is 39.1 Å². The topological polar surface area (TPSA) is 59.1 Å². The molecule has 6 nitrogen and oxygen atoms in total. The van der Waals surface area contributed by atoms with Crippen molar-refractivity contribution in [2.24, 2.45) is 0 Å². The molecule has 6 heteroatoms. The van der Waals surface area contributed by atoms with Crippen LogP contribution in [-0.2, 0) is 32.3 Å². The van der Waals surface area contributed by atoms with E-state index in [9.17, 15) is 9.59 Å². The summed E-state index contributed by atoms with van der Waals surface area (Å²) in [6, 6.07) is 16.2. The van der Waals surface area contributed by atoms with Crippen LogP contribution in [0, 0.1) is 0 Å². The Hall–Kier alpha value is -3.22. The molecule has 2 unspecified atom stereocenters. The van der Waals surface area contributed by atoms with Crippen LogP contribution >= 0.6 is 0 Å². The molecule has 0 radical (unpaired) electrons. The molecule has 2 fully saturated rings. The van der Waals surface area contributed by atoms with Crippen molar-refractivity contribution in [2.45, 2.75) is 92.9 Å². The summed E-state index contributed by atoms with van der Waals surface area (Å²) in [6.45, 7) is 14.0. The summed E-state index contributed by atoms with van der Waals surface area (Å²) in [4.78, 5) is 27.2. The molecule has 2 amide bonds. The first-order valence-electron chi connectivity index (χ1n) is 13.7. The largest absolute Gasteiger partial charge is 0.354 e. The predicted molar refractivity (Wildman–Crippen MR) is 166 cm³/mol. The SMILES string of the molecule is C.C.C=Cc1ccc(COC(C)N2CCCC2=O)cc1.C=Cc1ccc(COC(C)N2CCCCCC2=O)cc1. The van der Waals surface area contributed by atoms with Crippen LogP contribution in [0.25, 0.3) is 12.2 Å². The molecule has 2 aromatic carbocycles. The lowest BCUT2D eigenvalue weighted by atomic mass is 10.1. The van der Waals surface area contributed by atoms with Crippen LogP contribution < -0.4 is 0 Å². The Kier molecular flexibility index (Phi) is 15.8. The first kappa shape index (κ1) is 34.8. The van der Waals surface area contributed by atoms with Gasteiger partial charge in [-0.3, -0.25) is 9.59 Å². The highest BCUT2D eigenvalue weighted by atomic mass is 16.5. The lowest BCUT2D eigenvalue weighted by molar-refractivity contribution is -0.145. The molecule has 2 aromatic rings. The van der Waals surface area contributed by atoms with Crippen LogP contribution in [0.2, 0.25) is 0 Å². The Morgan fingerprint density at radius 2 is 1.07 bits per heavy atom. The van der Waals surface area contributed by atoms with Gasteiger partial charge in [-0.2, -0.15) is 0 Å². The van der Waals surface area contributed by atoms with E-state index in [1.807, 2.05) is 79.4 Å². The van der Waals surface area contributed by atoms with Crippen molar-refractivity contribution < 1.29 is 19.1 Å². The van der Waals surface area contributed by atoms with Crippen molar-refractivity contribution in [1.82, 2.24) is 9.80 Å². The lowest BCUT2D eigenvalue weighted by Crippen LogP contribution is -2.39. The fourth-order valence-corrected chi connectivity index (χ4v) is 4.56. The number of hydrogen-bond acceptors (Lipinski definition) is 4. The summed E-state index contributed by atoms with van der Waals surface area (Å²) in [7, 11) is 0. The average molecular weight is 551 g/mol. The number of likely N-dealkylation sites (tertiary alicyclic amines) is 2. The minimum Gasteiger partial charge on any atom is -0.354 e. The number of hydrogen-bond donors (Lipinski definition) is 0. The Morgan fingerprint density at radius 3 is 1.45 bits per heavy atom. The van der Waals surface area contributed by atoms with E-state index in [1.165, 1.54) is 0 Å². The number of carbonyl (C=O) groups is 2. The summed E-state index contributed by atoms with van der Waals surface area (Å²) in [5, 5.41) is 0. The van der Waals surface area contributed by atoms with Gasteiger partial charge < -0.3 is 19.3 Å². The molecule has 2 aliphatic heterocycles. The highest BCUT2D eigenvalue weighted by molar-refractivity contribution is 5.78. The predicted octanol–water partition coefficient (Wildman–Crippen LogP) is 7.68. The van der Waals surface area contributed by atoms with Crippen LogP contribution in [0.15, 0.2) is 61.7 Å². The fraction of sp³-hybridized carbons (Fsp3) is 0.471. The average Bonchev–Trinajstić information content (AvgIpc) is 3.26. The molecule has 2 aliphatic rings. The van der Waals surface area contributed by atoms with Crippen molar-refractivity contribution in [2.75, 3.05) is 13.1 Å². The van der Waals surface area contributed by atoms with Crippen LogP contribution in [-0.4, -0.2) is 47.2 Å². The van der Waals surface area contributed by atoms with Gasteiger partial charge in [0.1, 0.15) is 12.5 Å². The zero-order valence-corrected chi connectivity index (χ0v) is 22.9. The molecule has 0 saturated carbocycles. The Balaban J connectivity index is 0.000000383. The van der Waals surface area contributed by atoms with Crippen molar-refractivity contribution in [3.63, 3.8) is 0 Å². The second-order valence-corrected chi connectivity index (χ2v) is 9.80. The number of carbonyl (C=O) groups excluding carboxylic acids is 2. The minimum absolute atomic E-state index is 0. The van der Waals surface area contributed by atoms with Gasteiger partial charge in [0.05, 0.1) is 13.2 Å². The first-order valence-corrected chi connectivity index (χ1v) is 13.7. The van der Waals surface area contributed by atoms with Gasteiger partial charge in [0.25, 0.3) is 0 Å². The molecule has 220 valence electrons. The molecule has 2 saturated heterocycles. The summed E-state index contributed by atoms with van der Waals surface area (Å²) >= 11 is 0. The van der Waals surface area contributed by atoms with Crippen LogP contribution in [0.4, 0.5) is 0 Å². The molecular weight excluding hydrogens is 500 g/mol. The van der Waals surface area contributed by atoms with E-state index < -0.39 is 0 Å². The summed E-state index contributed by atoms with van der Waals surface area (Å²) in [5.41, 5.74) is 4.43. The number of amides is 2. The van der Waals surface area contributed by atoms with Crippen LogP contribution in [0.5, 0.6) is 0 Å². The third-order valence-corrected chi connectivity index (χ3v) is 7.01. The smallest absolute Gasteiger partial charge is 0.224 e. The summed E-state index contributed by atoms with van der Waals surface area (Å²) in [6.07, 6.45) is 8.82. The van der Waals surface area contributed by atoms with E-state index in [2.05, 4.69) is 13.2 Å². The van der Waals surface area contributed by atoms with Gasteiger partial charge in [0, 0.05) is 25.9 Å². The van der Waals surface area contributed by atoms with Crippen LogP contribution in [0.3, 0.4) is 0 Å². The van der Waals surface area contributed by atoms with Gasteiger partial charge in [0.15, 0.2) is 0 Å². The van der Waals surface area contributed by atoms with Crippen molar-refractivity contribution in [3.05, 3.63) is 83.9 Å². The van der Waals surface area contributed by atoms with E-state index >= 15 is 0 Å². The molecular formula is C34H50N2O4. The highest BCUT2D eigenvalue weighted by Gasteiger charge is 2.25.